The molecule has 2 N–H and O–H groups in total. The van der Waals surface area contributed by atoms with Crippen molar-refractivity contribution >= 4 is 23.2 Å². The molecule has 0 unspecified atom stereocenters. The maximum atomic E-state index is 12.8. The highest BCUT2D eigenvalue weighted by molar-refractivity contribution is 6.07. The van der Waals surface area contributed by atoms with Crippen molar-refractivity contribution in [1.29, 1.82) is 0 Å². The Morgan fingerprint density at radius 3 is 2.45 bits per heavy atom. The molecule has 0 atom stereocenters. The second-order valence-electron chi connectivity index (χ2n) is 6.94. The smallest absolute Gasteiger partial charge is 0.255 e. The molecule has 0 fully saturated rings. The van der Waals surface area contributed by atoms with E-state index in [1.165, 1.54) is 0 Å². The van der Waals surface area contributed by atoms with Gasteiger partial charge in [0, 0.05) is 50.0 Å². The van der Waals surface area contributed by atoms with Gasteiger partial charge in [0.1, 0.15) is 0 Å². The third kappa shape index (κ3) is 4.99. The Balaban J connectivity index is 1.81. The summed E-state index contributed by atoms with van der Waals surface area (Å²) in [5.74, 6) is -0.424. The monoisotopic (exact) mass is 388 g/mol. The molecule has 0 aliphatic carbocycles. The van der Waals surface area contributed by atoms with Crippen LogP contribution >= 0.6 is 0 Å². The van der Waals surface area contributed by atoms with E-state index in [4.69, 9.17) is 0 Å². The van der Waals surface area contributed by atoms with E-state index >= 15 is 0 Å². The minimum Gasteiger partial charge on any atom is -0.377 e. The molecule has 0 aliphatic heterocycles. The van der Waals surface area contributed by atoms with Gasteiger partial charge in [0.25, 0.3) is 11.8 Å². The Labute approximate surface area is 170 Å². The number of carbonyl (C=O) groups is 2. The lowest BCUT2D eigenvalue weighted by Crippen LogP contribution is -2.26. The van der Waals surface area contributed by atoms with Gasteiger partial charge >= 0.3 is 0 Å². The van der Waals surface area contributed by atoms with Crippen LogP contribution in [-0.2, 0) is 6.54 Å². The Morgan fingerprint density at radius 1 is 0.966 bits per heavy atom. The zero-order valence-electron chi connectivity index (χ0n) is 16.8. The predicted molar refractivity (Wildman–Crippen MR) is 115 cm³/mol. The van der Waals surface area contributed by atoms with Crippen molar-refractivity contribution in [2.24, 2.45) is 0 Å². The summed E-state index contributed by atoms with van der Waals surface area (Å²) < 4.78 is 0. The van der Waals surface area contributed by atoms with Gasteiger partial charge in [-0.05, 0) is 48.4 Å². The van der Waals surface area contributed by atoms with Crippen molar-refractivity contribution in [3.05, 3.63) is 89.2 Å². The Kier molecular flexibility index (Phi) is 6.24. The number of nitrogens with one attached hydrogen (secondary N) is 2. The molecule has 3 rings (SSSR count). The van der Waals surface area contributed by atoms with Gasteiger partial charge in [0.2, 0.25) is 0 Å². The minimum atomic E-state index is -0.218. The van der Waals surface area contributed by atoms with Crippen LogP contribution in [0.5, 0.6) is 0 Å². The van der Waals surface area contributed by atoms with Gasteiger partial charge in [-0.1, -0.05) is 24.3 Å². The SMILES string of the molecule is Cc1ccccc1C(=O)Nc1ccc(N(C)C)c(C(=O)NCc2cccnc2)c1. The Morgan fingerprint density at radius 2 is 1.76 bits per heavy atom. The van der Waals surface area contributed by atoms with Crippen molar-refractivity contribution in [2.45, 2.75) is 13.5 Å². The number of rotatable bonds is 6. The molecule has 0 saturated carbocycles. The van der Waals surface area contributed by atoms with Gasteiger partial charge in [-0.3, -0.25) is 14.6 Å². The number of hydrogen-bond donors (Lipinski definition) is 2. The first-order chi connectivity index (χ1) is 14.0. The number of benzene rings is 2. The lowest BCUT2D eigenvalue weighted by Gasteiger charge is -2.19. The fourth-order valence-electron chi connectivity index (χ4n) is 2.99. The normalized spacial score (nSPS) is 10.3. The molecule has 6 nitrogen and oxygen atoms in total. The lowest BCUT2D eigenvalue weighted by molar-refractivity contribution is 0.0950. The second-order valence-corrected chi connectivity index (χ2v) is 6.94. The number of aryl methyl sites for hydroxylation is 1. The number of pyridine rings is 1. The molecule has 2 amide bonds. The fourth-order valence-corrected chi connectivity index (χ4v) is 2.99. The van der Waals surface area contributed by atoms with E-state index in [0.717, 1.165) is 16.8 Å². The second kappa shape index (κ2) is 9.01. The molecular weight excluding hydrogens is 364 g/mol. The number of anilines is 2. The maximum Gasteiger partial charge on any atom is 0.255 e. The van der Waals surface area contributed by atoms with Crippen LogP contribution in [-0.4, -0.2) is 30.9 Å². The van der Waals surface area contributed by atoms with E-state index in [2.05, 4.69) is 15.6 Å². The molecule has 0 spiro atoms. The predicted octanol–water partition coefficient (Wildman–Crippen LogP) is 3.64. The van der Waals surface area contributed by atoms with Crippen molar-refractivity contribution in [3.8, 4) is 0 Å². The van der Waals surface area contributed by atoms with Crippen molar-refractivity contribution in [1.82, 2.24) is 10.3 Å². The lowest BCUT2D eigenvalue weighted by atomic mass is 10.1. The molecule has 0 aliphatic rings. The van der Waals surface area contributed by atoms with Crippen LogP contribution in [0.3, 0.4) is 0 Å². The highest BCUT2D eigenvalue weighted by Crippen LogP contribution is 2.24. The van der Waals surface area contributed by atoms with E-state index < -0.39 is 0 Å². The molecule has 0 bridgehead atoms. The van der Waals surface area contributed by atoms with Gasteiger partial charge in [0.15, 0.2) is 0 Å². The first-order valence-electron chi connectivity index (χ1n) is 9.31. The average Bonchev–Trinajstić information content (AvgIpc) is 2.72. The summed E-state index contributed by atoms with van der Waals surface area (Å²) in [7, 11) is 3.75. The fraction of sp³-hybridized carbons (Fsp3) is 0.174. The van der Waals surface area contributed by atoms with Gasteiger partial charge in [0.05, 0.1) is 5.56 Å². The van der Waals surface area contributed by atoms with Crippen molar-refractivity contribution in [3.63, 3.8) is 0 Å². The Hall–Kier alpha value is -3.67. The van der Waals surface area contributed by atoms with E-state index in [0.29, 0.717) is 23.4 Å². The van der Waals surface area contributed by atoms with E-state index in [9.17, 15) is 9.59 Å². The Bertz CT molecular complexity index is 1020. The standard InChI is InChI=1S/C23H24N4O2/c1-16-7-4-5-9-19(16)23(29)26-18-10-11-21(27(2)3)20(13-18)22(28)25-15-17-8-6-12-24-14-17/h4-14H,15H2,1-3H3,(H,25,28)(H,26,29). The van der Waals surface area contributed by atoms with Gasteiger partial charge < -0.3 is 15.5 Å². The molecule has 0 radical (unpaired) electrons. The van der Waals surface area contributed by atoms with Crippen molar-refractivity contribution < 1.29 is 9.59 Å². The summed E-state index contributed by atoms with van der Waals surface area (Å²) >= 11 is 0. The first-order valence-corrected chi connectivity index (χ1v) is 9.31. The summed E-state index contributed by atoms with van der Waals surface area (Å²) in [5, 5.41) is 5.80. The number of aromatic nitrogens is 1. The maximum absolute atomic E-state index is 12.8. The van der Waals surface area contributed by atoms with Gasteiger partial charge in [-0.2, -0.15) is 0 Å². The molecular formula is C23H24N4O2. The van der Waals surface area contributed by atoms with Crippen LogP contribution < -0.4 is 15.5 Å². The van der Waals surface area contributed by atoms with Crippen LogP contribution in [0.4, 0.5) is 11.4 Å². The van der Waals surface area contributed by atoms with Crippen molar-refractivity contribution in [2.75, 3.05) is 24.3 Å². The molecule has 1 heterocycles. The molecule has 6 heteroatoms. The number of hydrogen-bond acceptors (Lipinski definition) is 4. The van der Waals surface area contributed by atoms with Crippen LogP contribution in [0.2, 0.25) is 0 Å². The van der Waals surface area contributed by atoms with Gasteiger partial charge in [-0.15, -0.1) is 0 Å². The zero-order valence-corrected chi connectivity index (χ0v) is 16.8. The largest absolute Gasteiger partial charge is 0.377 e. The summed E-state index contributed by atoms with van der Waals surface area (Å²) in [6, 6.07) is 16.4. The highest BCUT2D eigenvalue weighted by Gasteiger charge is 2.16. The highest BCUT2D eigenvalue weighted by atomic mass is 16.2. The van der Waals surface area contributed by atoms with Crippen LogP contribution in [0.15, 0.2) is 67.0 Å². The summed E-state index contributed by atoms with van der Waals surface area (Å²) in [6.45, 7) is 2.26. The zero-order chi connectivity index (χ0) is 20.8. The van der Waals surface area contributed by atoms with Gasteiger partial charge in [-0.25, -0.2) is 0 Å². The van der Waals surface area contributed by atoms with E-state index in [1.54, 1.807) is 30.6 Å². The van der Waals surface area contributed by atoms with Crippen LogP contribution in [0.25, 0.3) is 0 Å². The quantitative estimate of drug-likeness (QED) is 0.676. The number of carbonyl (C=O) groups excluding carboxylic acids is 2. The topological polar surface area (TPSA) is 74.3 Å². The third-order valence-corrected chi connectivity index (χ3v) is 4.55. The summed E-state index contributed by atoms with van der Waals surface area (Å²) in [5.41, 5.74) is 4.23. The molecule has 0 saturated heterocycles. The molecule has 29 heavy (non-hydrogen) atoms. The molecule has 3 aromatic rings. The van der Waals surface area contributed by atoms with Crippen LogP contribution in [0.1, 0.15) is 31.8 Å². The molecule has 1 aromatic heterocycles. The molecule has 148 valence electrons. The van der Waals surface area contributed by atoms with E-state index in [-0.39, 0.29) is 11.8 Å². The van der Waals surface area contributed by atoms with E-state index in [1.807, 2.05) is 62.3 Å². The third-order valence-electron chi connectivity index (χ3n) is 4.55. The summed E-state index contributed by atoms with van der Waals surface area (Å²) in [4.78, 5) is 31.4. The molecule has 2 aromatic carbocycles. The first kappa shape index (κ1) is 20.1. The average molecular weight is 388 g/mol. The number of nitrogens with zero attached hydrogens (tertiary/aromatic N) is 2. The van der Waals surface area contributed by atoms with Crippen LogP contribution in [0, 0.1) is 6.92 Å². The minimum absolute atomic E-state index is 0.206. The number of amides is 2. The summed E-state index contributed by atoms with van der Waals surface area (Å²) in [6.07, 6.45) is 3.40.